The molecule has 0 N–H and O–H groups in total. The van der Waals surface area contributed by atoms with Crippen molar-refractivity contribution in [3.8, 4) is 0 Å². The van der Waals surface area contributed by atoms with Gasteiger partial charge in [0.1, 0.15) is 0 Å². The molecule has 0 bridgehead atoms. The van der Waals surface area contributed by atoms with Crippen molar-refractivity contribution in [3.05, 3.63) is 35.4 Å². The van der Waals surface area contributed by atoms with Crippen molar-refractivity contribution in [2.45, 2.75) is 58.8 Å². The zero-order chi connectivity index (χ0) is 13.8. The highest BCUT2D eigenvalue weighted by molar-refractivity contribution is 5.94. The van der Waals surface area contributed by atoms with E-state index in [4.69, 9.17) is 0 Å². The molecule has 1 fully saturated rings. The fourth-order valence-corrected chi connectivity index (χ4v) is 3.55. The molecule has 0 aliphatic heterocycles. The van der Waals surface area contributed by atoms with Gasteiger partial charge in [0.2, 0.25) is 0 Å². The fraction of sp³-hybridized carbons (Fsp3) is 0.611. The summed E-state index contributed by atoms with van der Waals surface area (Å²) in [5, 5.41) is 0. The molecule has 1 aliphatic carbocycles. The topological polar surface area (TPSA) is 17.1 Å². The maximum absolute atomic E-state index is 11.3. The minimum atomic E-state index is 0.159. The highest BCUT2D eigenvalue weighted by Crippen LogP contribution is 2.41. The van der Waals surface area contributed by atoms with Gasteiger partial charge in [-0.05, 0) is 49.5 Å². The molecule has 1 aromatic rings. The van der Waals surface area contributed by atoms with Crippen LogP contribution >= 0.6 is 0 Å². The summed E-state index contributed by atoms with van der Waals surface area (Å²) in [6, 6.07) is 8.30. The number of carbonyl (C=O) groups excluding carboxylic acids is 1. The van der Waals surface area contributed by atoms with Crippen molar-refractivity contribution in [3.63, 3.8) is 0 Å². The Bertz CT molecular complexity index is 418. The predicted octanol–water partition coefficient (Wildman–Crippen LogP) is 5.21. The van der Waals surface area contributed by atoms with Crippen molar-refractivity contribution in [1.82, 2.24) is 0 Å². The van der Waals surface area contributed by atoms with Gasteiger partial charge in [-0.25, -0.2) is 0 Å². The maximum Gasteiger partial charge on any atom is 0.159 e. The second-order valence-electron chi connectivity index (χ2n) is 6.21. The fourth-order valence-electron chi connectivity index (χ4n) is 3.55. The smallest absolute Gasteiger partial charge is 0.159 e. The van der Waals surface area contributed by atoms with Crippen molar-refractivity contribution in [2.75, 3.05) is 0 Å². The zero-order valence-corrected chi connectivity index (χ0v) is 12.5. The van der Waals surface area contributed by atoms with Crippen molar-refractivity contribution < 1.29 is 4.79 Å². The van der Waals surface area contributed by atoms with Crippen LogP contribution < -0.4 is 0 Å². The molecule has 1 heteroatoms. The Labute approximate surface area is 117 Å². The monoisotopic (exact) mass is 258 g/mol. The number of ketones is 1. The van der Waals surface area contributed by atoms with Crippen LogP contribution in [0.15, 0.2) is 24.3 Å². The summed E-state index contributed by atoms with van der Waals surface area (Å²) in [5.41, 5.74) is 2.25. The SMILES string of the molecule is CCC[C@H]1CC[C@@H](c2ccc(C(C)=O)cc2)C[C@@H]1C. The number of benzene rings is 1. The van der Waals surface area contributed by atoms with E-state index in [2.05, 4.69) is 26.0 Å². The van der Waals surface area contributed by atoms with Gasteiger partial charge in [-0.2, -0.15) is 0 Å². The number of carbonyl (C=O) groups is 1. The third-order valence-corrected chi connectivity index (χ3v) is 4.80. The second-order valence-corrected chi connectivity index (χ2v) is 6.21. The molecule has 104 valence electrons. The first-order chi connectivity index (χ1) is 9.11. The van der Waals surface area contributed by atoms with Crippen molar-refractivity contribution in [2.24, 2.45) is 11.8 Å². The summed E-state index contributed by atoms with van der Waals surface area (Å²) in [6.07, 6.45) is 6.69. The number of rotatable bonds is 4. The van der Waals surface area contributed by atoms with Gasteiger partial charge in [0.15, 0.2) is 5.78 Å². The summed E-state index contributed by atoms with van der Waals surface area (Å²) in [7, 11) is 0. The summed E-state index contributed by atoms with van der Waals surface area (Å²) in [5.74, 6) is 2.62. The first-order valence-corrected chi connectivity index (χ1v) is 7.72. The molecule has 1 aromatic carbocycles. The molecule has 0 spiro atoms. The minimum Gasteiger partial charge on any atom is -0.295 e. The molecule has 0 unspecified atom stereocenters. The van der Waals surface area contributed by atoms with Crippen molar-refractivity contribution in [1.29, 1.82) is 0 Å². The Hall–Kier alpha value is -1.11. The van der Waals surface area contributed by atoms with Gasteiger partial charge < -0.3 is 0 Å². The average molecular weight is 258 g/mol. The van der Waals surface area contributed by atoms with E-state index in [-0.39, 0.29) is 5.78 Å². The van der Waals surface area contributed by atoms with Gasteiger partial charge in [-0.3, -0.25) is 4.79 Å². The largest absolute Gasteiger partial charge is 0.295 e. The van der Waals surface area contributed by atoms with E-state index in [0.717, 1.165) is 17.4 Å². The Morgan fingerprint density at radius 3 is 2.42 bits per heavy atom. The van der Waals surface area contributed by atoms with Gasteiger partial charge in [0.25, 0.3) is 0 Å². The molecule has 19 heavy (non-hydrogen) atoms. The Morgan fingerprint density at radius 1 is 1.21 bits per heavy atom. The van der Waals surface area contributed by atoms with E-state index >= 15 is 0 Å². The van der Waals surface area contributed by atoms with Crippen LogP contribution in [0.4, 0.5) is 0 Å². The molecule has 0 heterocycles. The summed E-state index contributed by atoms with van der Waals surface area (Å²) < 4.78 is 0. The summed E-state index contributed by atoms with van der Waals surface area (Å²) in [6.45, 7) is 6.34. The molecule has 0 amide bonds. The van der Waals surface area contributed by atoms with Gasteiger partial charge in [0.05, 0.1) is 0 Å². The van der Waals surface area contributed by atoms with E-state index in [0.29, 0.717) is 5.92 Å². The van der Waals surface area contributed by atoms with E-state index in [1.54, 1.807) is 6.92 Å². The molecule has 1 saturated carbocycles. The van der Waals surface area contributed by atoms with Gasteiger partial charge in [-0.1, -0.05) is 51.0 Å². The average Bonchev–Trinajstić information content (AvgIpc) is 2.41. The van der Waals surface area contributed by atoms with Gasteiger partial charge in [0, 0.05) is 5.56 Å². The standard InChI is InChI=1S/C18H26O/c1-4-5-15-6-11-18(12-13(15)2)17-9-7-16(8-10-17)14(3)19/h7-10,13,15,18H,4-6,11-12H2,1-3H3/t13-,15-,18+/m0/s1. The van der Waals surface area contributed by atoms with Crippen LogP contribution in [0.1, 0.15) is 74.7 Å². The number of hydrogen-bond donors (Lipinski definition) is 0. The lowest BCUT2D eigenvalue weighted by Crippen LogP contribution is -2.21. The Kier molecular flexibility index (Phi) is 4.79. The van der Waals surface area contributed by atoms with Crippen LogP contribution in [-0.2, 0) is 0 Å². The molecule has 2 rings (SSSR count). The molecular formula is C18H26O. The molecular weight excluding hydrogens is 232 g/mol. The quantitative estimate of drug-likeness (QED) is 0.678. The van der Waals surface area contributed by atoms with E-state index in [1.807, 2.05) is 12.1 Å². The lowest BCUT2D eigenvalue weighted by molar-refractivity contribution is 0.101. The first kappa shape index (κ1) is 14.3. The normalized spacial score (nSPS) is 27.2. The van der Waals surface area contributed by atoms with Crippen molar-refractivity contribution >= 4 is 5.78 Å². The third kappa shape index (κ3) is 3.46. The third-order valence-electron chi connectivity index (χ3n) is 4.80. The predicted molar refractivity (Wildman–Crippen MR) is 80.6 cm³/mol. The highest BCUT2D eigenvalue weighted by atomic mass is 16.1. The van der Waals surface area contributed by atoms with E-state index in [9.17, 15) is 4.79 Å². The molecule has 0 radical (unpaired) electrons. The molecule has 0 saturated heterocycles. The van der Waals surface area contributed by atoms with Crippen LogP contribution in [0, 0.1) is 11.8 Å². The van der Waals surface area contributed by atoms with Gasteiger partial charge in [-0.15, -0.1) is 0 Å². The van der Waals surface area contributed by atoms with Crippen LogP contribution in [0.25, 0.3) is 0 Å². The molecule has 1 aliphatic rings. The van der Waals surface area contributed by atoms with Crippen LogP contribution in [-0.4, -0.2) is 5.78 Å². The second kappa shape index (κ2) is 6.36. The maximum atomic E-state index is 11.3. The molecule has 3 atom stereocenters. The molecule has 1 nitrogen and oxygen atoms in total. The van der Waals surface area contributed by atoms with E-state index < -0.39 is 0 Å². The highest BCUT2D eigenvalue weighted by Gasteiger charge is 2.27. The first-order valence-electron chi connectivity index (χ1n) is 7.72. The minimum absolute atomic E-state index is 0.159. The lowest BCUT2D eigenvalue weighted by Gasteiger charge is -2.34. The van der Waals surface area contributed by atoms with E-state index in [1.165, 1.54) is 37.7 Å². The van der Waals surface area contributed by atoms with Gasteiger partial charge >= 0.3 is 0 Å². The summed E-state index contributed by atoms with van der Waals surface area (Å²) in [4.78, 5) is 11.3. The Balaban J connectivity index is 2.01. The Morgan fingerprint density at radius 2 is 1.89 bits per heavy atom. The number of hydrogen-bond acceptors (Lipinski definition) is 1. The summed E-state index contributed by atoms with van der Waals surface area (Å²) >= 11 is 0. The zero-order valence-electron chi connectivity index (χ0n) is 12.5. The van der Waals surface area contributed by atoms with Crippen LogP contribution in [0.3, 0.4) is 0 Å². The van der Waals surface area contributed by atoms with Crippen LogP contribution in [0.2, 0.25) is 0 Å². The number of Topliss-reactive ketones (excluding diaryl/α,β-unsaturated/α-hetero) is 1. The molecule has 0 aromatic heterocycles. The van der Waals surface area contributed by atoms with Crippen LogP contribution in [0.5, 0.6) is 0 Å². The lowest BCUT2D eigenvalue weighted by atomic mass is 9.71.